The Labute approximate surface area is 454 Å². The summed E-state index contributed by atoms with van der Waals surface area (Å²) in [5, 5.41) is 10.6. The number of aliphatic carboxylic acids is 1. The van der Waals surface area contributed by atoms with E-state index in [0.717, 1.165) is 87.0 Å². The molecule has 4 aromatic rings. The molecule has 4 aliphatic heterocycles. The SMILES string of the molecule is COc1ccc2cc1Oc1ccc(cc1)CC1c3cc(c(OC)cc3CCN1C)Oc1c(OC)c(OC)cc3c1C(C2)[N+](C)(CCCCCCCCCCCCCCCCCCCC(=O)[O-])CC3.I.I. The largest absolute Gasteiger partial charge is 0.550 e. The summed E-state index contributed by atoms with van der Waals surface area (Å²) in [5.41, 5.74) is 7.34. The standard InChI is InChI=1S/C58H80N2O8.2HI/c1-59-33-31-44-39-51(64-4)53-41-47(44)48(59)36-42-25-28-46(29-26-42)67-52-38-43(27-30-50(52)63-3)37-49-56-45(40-54(65-5)57(66-6)58(56)68-53)32-35-60(49,2)34-23-21-19-17-15-13-11-9-7-8-10-12-14-16-18-20-22-24-55(61)62;;/h25-30,38-41,48-49H,7-24,31-37H2,1-6H3;2*1H. The van der Waals surface area contributed by atoms with Gasteiger partial charge in [0.15, 0.2) is 34.5 Å². The lowest BCUT2D eigenvalue weighted by Crippen LogP contribution is -2.52. The van der Waals surface area contributed by atoms with Crippen molar-refractivity contribution in [3.05, 3.63) is 94.0 Å². The van der Waals surface area contributed by atoms with Crippen molar-refractivity contribution in [1.82, 2.24) is 4.90 Å². The minimum atomic E-state index is -0.921. The number of carboxylic acids is 1. The van der Waals surface area contributed by atoms with Crippen LogP contribution in [0.15, 0.2) is 60.7 Å². The van der Waals surface area contributed by atoms with Crippen molar-refractivity contribution in [2.24, 2.45) is 0 Å². The second kappa shape index (κ2) is 28.7. The zero-order chi connectivity index (χ0) is 47.9. The number of carbonyl (C=O) groups excluding carboxylic acids is 1. The van der Waals surface area contributed by atoms with Gasteiger partial charge >= 0.3 is 0 Å². The van der Waals surface area contributed by atoms with Gasteiger partial charge in [-0.2, -0.15) is 0 Å². The molecule has 0 fully saturated rings. The molecular formula is C58H82I2N2O8. The number of hydrogen-bond acceptors (Lipinski definition) is 9. The molecule has 0 aromatic heterocycles. The third-order valence-electron chi connectivity index (χ3n) is 15.3. The van der Waals surface area contributed by atoms with E-state index in [0.29, 0.717) is 34.5 Å². The van der Waals surface area contributed by atoms with Crippen LogP contribution in [0.2, 0.25) is 0 Å². The molecule has 0 saturated carbocycles. The second-order valence-electron chi connectivity index (χ2n) is 20.0. The van der Waals surface area contributed by atoms with E-state index in [2.05, 4.69) is 73.6 Å². The van der Waals surface area contributed by atoms with Gasteiger partial charge in [-0.3, -0.25) is 4.90 Å². The van der Waals surface area contributed by atoms with Crippen LogP contribution in [0.4, 0.5) is 0 Å². The van der Waals surface area contributed by atoms with Gasteiger partial charge in [0.25, 0.3) is 0 Å². The highest BCUT2D eigenvalue weighted by molar-refractivity contribution is 14.0. The Kier molecular flexibility index (Phi) is 23.5. The molecule has 3 atom stereocenters. The summed E-state index contributed by atoms with van der Waals surface area (Å²) >= 11 is 0. The number of quaternary nitrogens is 1. The van der Waals surface area contributed by atoms with Crippen molar-refractivity contribution in [2.45, 2.75) is 153 Å². The lowest BCUT2D eigenvalue weighted by Gasteiger charge is -2.46. The zero-order valence-electron chi connectivity index (χ0n) is 43.1. The molecule has 12 heteroatoms. The van der Waals surface area contributed by atoms with E-state index >= 15 is 0 Å². The molecule has 8 rings (SSSR count). The molecule has 70 heavy (non-hydrogen) atoms. The third-order valence-corrected chi connectivity index (χ3v) is 15.3. The maximum Gasteiger partial charge on any atom is 0.204 e. The van der Waals surface area contributed by atoms with Crippen LogP contribution in [0.1, 0.15) is 161 Å². The summed E-state index contributed by atoms with van der Waals surface area (Å²) < 4.78 is 39.2. The fraction of sp³-hybridized carbons (Fsp3) is 0.569. The highest BCUT2D eigenvalue weighted by Crippen LogP contribution is 2.53. The van der Waals surface area contributed by atoms with Crippen LogP contribution in [-0.2, 0) is 30.5 Å². The smallest absolute Gasteiger partial charge is 0.204 e. The van der Waals surface area contributed by atoms with E-state index in [1.165, 1.54) is 117 Å². The Morgan fingerprint density at radius 3 is 1.77 bits per heavy atom. The summed E-state index contributed by atoms with van der Waals surface area (Å²) in [7, 11) is 11.5. The molecule has 4 aromatic carbocycles. The number of unbranched alkanes of at least 4 members (excludes halogenated alkanes) is 16. The number of benzene rings is 4. The second-order valence-corrected chi connectivity index (χ2v) is 20.0. The van der Waals surface area contributed by atoms with Crippen LogP contribution in [0.5, 0.6) is 46.0 Å². The van der Waals surface area contributed by atoms with Gasteiger partial charge in [0.1, 0.15) is 11.8 Å². The van der Waals surface area contributed by atoms with Crippen molar-refractivity contribution in [3.8, 4) is 46.0 Å². The van der Waals surface area contributed by atoms with E-state index in [-0.39, 0.29) is 66.5 Å². The number of carbonyl (C=O) groups is 1. The first-order valence-corrected chi connectivity index (χ1v) is 26.0. The lowest BCUT2D eigenvalue weighted by molar-refractivity contribution is -0.941. The number of fused-ring (bicyclic) bond motifs is 2. The average Bonchev–Trinajstić information content (AvgIpc) is 3.34. The summed E-state index contributed by atoms with van der Waals surface area (Å²) in [4.78, 5) is 13.0. The number of likely N-dealkylation sites (N-methyl/N-ethyl adjacent to an activating group) is 2. The van der Waals surface area contributed by atoms with Crippen molar-refractivity contribution >= 4 is 53.9 Å². The molecule has 0 aliphatic carbocycles. The Morgan fingerprint density at radius 2 is 1.19 bits per heavy atom. The van der Waals surface area contributed by atoms with Crippen LogP contribution < -0.4 is 33.5 Å². The van der Waals surface area contributed by atoms with Gasteiger partial charge in [-0.25, -0.2) is 0 Å². The molecule has 4 aliphatic rings. The van der Waals surface area contributed by atoms with Crippen LogP contribution in [0.25, 0.3) is 0 Å². The van der Waals surface area contributed by atoms with Gasteiger partial charge in [-0.1, -0.05) is 108 Å². The molecule has 10 nitrogen and oxygen atoms in total. The first-order valence-electron chi connectivity index (χ1n) is 26.0. The zero-order valence-corrected chi connectivity index (χ0v) is 47.7. The summed E-state index contributed by atoms with van der Waals surface area (Å²) in [5.74, 6) is 4.65. The molecule has 4 heterocycles. The number of methoxy groups -OCH3 is 4. The topological polar surface area (TPSA) is 98.8 Å². The molecule has 0 spiro atoms. The van der Waals surface area contributed by atoms with Gasteiger partial charge in [0, 0.05) is 31.4 Å². The minimum Gasteiger partial charge on any atom is -0.550 e. The highest BCUT2D eigenvalue weighted by atomic mass is 127. The summed E-state index contributed by atoms with van der Waals surface area (Å²) in [6.07, 6.45) is 24.6. The first kappa shape index (κ1) is 57.4. The van der Waals surface area contributed by atoms with E-state index < -0.39 is 5.97 Å². The van der Waals surface area contributed by atoms with E-state index in [9.17, 15) is 9.90 Å². The maximum absolute atomic E-state index is 10.6. The molecular weight excluding hydrogens is 1110 g/mol. The quantitative estimate of drug-likeness (QED) is 0.0386. The van der Waals surface area contributed by atoms with Crippen LogP contribution in [0, 0.1) is 0 Å². The Morgan fingerprint density at radius 1 is 0.629 bits per heavy atom. The van der Waals surface area contributed by atoms with Crippen molar-refractivity contribution < 1.29 is 42.8 Å². The van der Waals surface area contributed by atoms with Crippen molar-refractivity contribution in [3.63, 3.8) is 0 Å². The van der Waals surface area contributed by atoms with Gasteiger partial charge in [-0.05, 0) is 116 Å². The number of halogens is 2. The Bertz CT molecular complexity index is 2260. The van der Waals surface area contributed by atoms with Crippen molar-refractivity contribution in [1.29, 1.82) is 0 Å². The first-order chi connectivity index (χ1) is 33.1. The normalized spacial score (nSPS) is 18.1. The number of rotatable bonds is 24. The van der Waals surface area contributed by atoms with Crippen LogP contribution >= 0.6 is 48.0 Å². The van der Waals surface area contributed by atoms with E-state index in [1.807, 2.05) is 6.07 Å². The molecule has 0 amide bonds. The maximum atomic E-state index is 10.6. The molecule has 0 N–H and O–H groups in total. The van der Waals surface area contributed by atoms with Crippen LogP contribution in [-0.4, -0.2) is 77.5 Å². The molecule has 0 radical (unpaired) electrons. The van der Waals surface area contributed by atoms with Gasteiger partial charge in [0.05, 0.1) is 54.1 Å². The number of nitrogens with zero attached hydrogens (tertiary/aromatic N) is 2. The minimum absolute atomic E-state index is 0. The Hall–Kier alpha value is -3.47. The highest BCUT2D eigenvalue weighted by Gasteiger charge is 2.43. The van der Waals surface area contributed by atoms with Gasteiger partial charge < -0.3 is 42.8 Å². The summed E-state index contributed by atoms with van der Waals surface area (Å²) in [6.45, 7) is 3.01. The predicted molar refractivity (Wildman–Crippen MR) is 300 cm³/mol. The third kappa shape index (κ3) is 15.1. The molecule has 6 bridgehead atoms. The Balaban J connectivity index is 0.00000456. The molecule has 0 saturated heterocycles. The predicted octanol–water partition coefficient (Wildman–Crippen LogP) is 13.7. The number of ether oxygens (including phenoxy) is 6. The average molecular weight is 1190 g/mol. The van der Waals surface area contributed by atoms with Gasteiger partial charge in [0.2, 0.25) is 5.75 Å². The monoisotopic (exact) mass is 1190 g/mol. The van der Waals surface area contributed by atoms with E-state index in [4.69, 9.17) is 28.4 Å². The molecule has 3 unspecified atom stereocenters. The van der Waals surface area contributed by atoms with E-state index in [1.54, 1.807) is 28.4 Å². The van der Waals surface area contributed by atoms with Crippen LogP contribution in [0.3, 0.4) is 0 Å². The number of hydrogen-bond donors (Lipinski definition) is 0. The van der Waals surface area contributed by atoms with Gasteiger partial charge in [-0.15, -0.1) is 48.0 Å². The fourth-order valence-electron chi connectivity index (χ4n) is 11.2. The van der Waals surface area contributed by atoms with Crippen molar-refractivity contribution in [2.75, 3.05) is 62.2 Å². The molecule has 386 valence electrons. The number of carboxylic acid groups (broad SMARTS) is 1. The fourth-order valence-corrected chi connectivity index (χ4v) is 11.2. The lowest BCUT2D eigenvalue weighted by atomic mass is 9.85. The summed E-state index contributed by atoms with van der Waals surface area (Å²) in [6, 6.07) is 21.7.